The molecule has 0 bridgehead atoms. The molecule has 0 saturated heterocycles. The maximum atomic E-state index is 9.45. The molecular formula is C30H46N6O4S. The second-order valence-corrected chi connectivity index (χ2v) is 10.3. The van der Waals surface area contributed by atoms with Crippen LogP contribution in [0.25, 0.3) is 0 Å². The van der Waals surface area contributed by atoms with Crippen LogP contribution in [0.1, 0.15) is 42.3 Å². The zero-order valence-corrected chi connectivity index (χ0v) is 26.1. The van der Waals surface area contributed by atoms with Crippen LogP contribution in [-0.4, -0.2) is 90.5 Å². The van der Waals surface area contributed by atoms with Gasteiger partial charge in [-0.3, -0.25) is 10.9 Å². The fourth-order valence-corrected chi connectivity index (χ4v) is 5.00. The number of hydrogen-bond donors (Lipinski definition) is 2. The van der Waals surface area contributed by atoms with Gasteiger partial charge in [-0.2, -0.15) is 10.5 Å². The number of aryl methyl sites for hydroxylation is 1. The van der Waals surface area contributed by atoms with Crippen molar-refractivity contribution in [3.63, 3.8) is 0 Å². The average molecular weight is 587 g/mol. The van der Waals surface area contributed by atoms with Crippen LogP contribution in [0.4, 0.5) is 16.4 Å². The van der Waals surface area contributed by atoms with E-state index in [-0.39, 0.29) is 0 Å². The smallest absolute Gasteiger partial charge is 0.127 e. The molecule has 0 unspecified atom stereocenters. The summed E-state index contributed by atoms with van der Waals surface area (Å²) in [4.78, 5) is 5.14. The fourth-order valence-electron chi connectivity index (χ4n) is 4.09. The highest BCUT2D eigenvalue weighted by Crippen LogP contribution is 2.32. The van der Waals surface area contributed by atoms with E-state index in [9.17, 15) is 10.5 Å². The Kier molecular flexibility index (Phi) is 16.8. The van der Waals surface area contributed by atoms with Crippen molar-refractivity contribution in [1.82, 2.24) is 4.90 Å². The van der Waals surface area contributed by atoms with Gasteiger partial charge in [0.25, 0.3) is 0 Å². The topological polar surface area (TPSA) is 115 Å². The number of nitrogens with zero attached hydrogens (tertiary/aromatic N) is 4. The van der Waals surface area contributed by atoms with Crippen LogP contribution in [0, 0.1) is 36.5 Å². The van der Waals surface area contributed by atoms with E-state index in [2.05, 4.69) is 65.7 Å². The van der Waals surface area contributed by atoms with E-state index < -0.39 is 0 Å². The summed E-state index contributed by atoms with van der Waals surface area (Å²) in [5, 5.41) is 19.3. The Bertz CT molecular complexity index is 1110. The summed E-state index contributed by atoms with van der Waals surface area (Å²) in [6.07, 6.45) is 0. The molecule has 0 spiro atoms. The summed E-state index contributed by atoms with van der Waals surface area (Å²) in [6, 6.07) is 10.5. The van der Waals surface area contributed by atoms with Gasteiger partial charge in [0.1, 0.15) is 22.0 Å². The Balaban J connectivity index is 1.60. The second-order valence-electron chi connectivity index (χ2n) is 9.29. The van der Waals surface area contributed by atoms with Gasteiger partial charge in [0.05, 0.1) is 64.1 Å². The van der Waals surface area contributed by atoms with E-state index in [0.29, 0.717) is 67.3 Å². The minimum Gasteiger partial charge on any atom is -0.378 e. The molecule has 1 aromatic carbocycles. The molecule has 0 aliphatic heterocycles. The van der Waals surface area contributed by atoms with Crippen LogP contribution in [-0.2, 0) is 18.9 Å². The van der Waals surface area contributed by atoms with Crippen LogP contribution < -0.4 is 15.8 Å². The van der Waals surface area contributed by atoms with Gasteiger partial charge in [-0.25, -0.2) is 0 Å². The lowest BCUT2D eigenvalue weighted by molar-refractivity contribution is -0.00299. The lowest BCUT2D eigenvalue weighted by Crippen LogP contribution is -2.27. The summed E-state index contributed by atoms with van der Waals surface area (Å²) >= 11 is 1.27. The third kappa shape index (κ3) is 11.9. The number of nitriles is 2. The Labute approximate surface area is 249 Å². The first-order valence-corrected chi connectivity index (χ1v) is 15.1. The normalized spacial score (nSPS) is 10.9. The first-order chi connectivity index (χ1) is 20.0. The molecule has 0 saturated carbocycles. The number of rotatable bonds is 22. The van der Waals surface area contributed by atoms with Crippen molar-refractivity contribution in [1.29, 1.82) is 10.5 Å². The van der Waals surface area contributed by atoms with Crippen LogP contribution >= 0.6 is 11.3 Å². The van der Waals surface area contributed by atoms with Crippen molar-refractivity contribution in [2.75, 3.05) is 101 Å². The van der Waals surface area contributed by atoms with E-state index >= 15 is 0 Å². The fraction of sp³-hybridized carbons (Fsp3) is 0.600. The number of hydrogen-bond acceptors (Lipinski definition) is 11. The highest BCUT2D eigenvalue weighted by atomic mass is 32.1. The first-order valence-electron chi connectivity index (χ1n) is 14.3. The van der Waals surface area contributed by atoms with Gasteiger partial charge < -0.3 is 28.7 Å². The molecule has 2 N–H and O–H groups in total. The van der Waals surface area contributed by atoms with Crippen LogP contribution in [0.2, 0.25) is 0 Å². The van der Waals surface area contributed by atoms with Gasteiger partial charge in [-0.05, 0) is 63.2 Å². The van der Waals surface area contributed by atoms with E-state index in [1.54, 1.807) is 6.92 Å². The van der Waals surface area contributed by atoms with E-state index in [0.717, 1.165) is 56.3 Å². The molecule has 2 aromatic rings. The monoisotopic (exact) mass is 586 g/mol. The zero-order chi connectivity index (χ0) is 29.9. The maximum absolute atomic E-state index is 9.45. The highest BCUT2D eigenvalue weighted by Gasteiger charge is 2.15. The van der Waals surface area contributed by atoms with Gasteiger partial charge in [-0.15, -0.1) is 11.3 Å². The molecule has 0 aliphatic carbocycles. The summed E-state index contributed by atoms with van der Waals surface area (Å²) in [7, 11) is 0. The Morgan fingerprint density at radius 1 is 0.756 bits per heavy atom. The number of anilines is 3. The number of nitrogens with one attached hydrogen (secondary N) is 2. The van der Waals surface area contributed by atoms with Crippen LogP contribution in [0.3, 0.4) is 0 Å². The Morgan fingerprint density at radius 2 is 1.34 bits per heavy atom. The third-order valence-corrected chi connectivity index (χ3v) is 7.81. The lowest BCUT2D eigenvalue weighted by atomic mass is 10.1. The first kappa shape index (κ1) is 34.3. The van der Waals surface area contributed by atoms with Crippen LogP contribution in [0.5, 0.6) is 0 Å². The summed E-state index contributed by atoms with van der Waals surface area (Å²) in [5.41, 5.74) is 10.6. The number of benzene rings is 1. The number of thiophene rings is 1. The van der Waals surface area contributed by atoms with Gasteiger partial charge in [0, 0.05) is 25.3 Å². The van der Waals surface area contributed by atoms with Crippen molar-refractivity contribution < 1.29 is 18.9 Å². The molecule has 0 amide bonds. The summed E-state index contributed by atoms with van der Waals surface area (Å²) in [6.45, 7) is 19.7. The minimum absolute atomic E-state index is 0.492. The van der Waals surface area contributed by atoms with Gasteiger partial charge in [-0.1, -0.05) is 13.8 Å². The maximum Gasteiger partial charge on any atom is 0.127 e. The highest BCUT2D eigenvalue weighted by molar-refractivity contribution is 7.17. The molecule has 0 radical (unpaired) electrons. The van der Waals surface area contributed by atoms with E-state index in [4.69, 9.17) is 18.9 Å². The number of hydrazine groups is 1. The third-order valence-electron chi connectivity index (χ3n) is 6.70. The van der Waals surface area contributed by atoms with Gasteiger partial charge in [0.2, 0.25) is 0 Å². The SMILES string of the molecule is CCN(CC)CCOCCOCCOCCOCCN(CC)c1ccc(NNc2sc(C#N)c(C)c2C#N)c(C)c1. The average Bonchev–Trinajstić information content (AvgIpc) is 3.30. The molecule has 1 aromatic heterocycles. The molecule has 0 aliphatic rings. The van der Waals surface area contributed by atoms with E-state index in [1.165, 1.54) is 11.3 Å². The number of likely N-dealkylation sites (N-methyl/N-ethyl adjacent to an activating group) is 2. The van der Waals surface area contributed by atoms with Crippen molar-refractivity contribution in [3.8, 4) is 12.1 Å². The molecular weight excluding hydrogens is 540 g/mol. The zero-order valence-electron chi connectivity index (χ0n) is 25.3. The summed E-state index contributed by atoms with van der Waals surface area (Å²) < 4.78 is 22.5. The van der Waals surface area contributed by atoms with Crippen molar-refractivity contribution in [3.05, 3.63) is 39.8 Å². The predicted octanol–water partition coefficient (Wildman–Crippen LogP) is 4.78. The Hall–Kier alpha value is -2.90. The molecule has 10 nitrogen and oxygen atoms in total. The largest absolute Gasteiger partial charge is 0.378 e. The summed E-state index contributed by atoms with van der Waals surface area (Å²) in [5.74, 6) is 0. The van der Waals surface area contributed by atoms with Gasteiger partial charge in [0.15, 0.2) is 0 Å². The predicted molar refractivity (Wildman–Crippen MR) is 166 cm³/mol. The Morgan fingerprint density at radius 3 is 1.85 bits per heavy atom. The second kappa shape index (κ2) is 20.1. The standard InChI is InChI=1S/C30H46N6O4S/c1-6-35(7-2)11-13-37-15-17-39-19-20-40-18-16-38-14-12-36(8-3)26-9-10-28(24(4)21-26)33-34-30-27(22-31)25(5)29(23-32)41-30/h9-10,21,33-34H,6-8,11-20H2,1-5H3. The van der Waals surface area contributed by atoms with Gasteiger partial charge >= 0.3 is 0 Å². The minimum atomic E-state index is 0.492. The van der Waals surface area contributed by atoms with Crippen molar-refractivity contribution in [2.45, 2.75) is 34.6 Å². The van der Waals surface area contributed by atoms with Crippen LogP contribution in [0.15, 0.2) is 18.2 Å². The molecule has 2 rings (SSSR count). The molecule has 1 heterocycles. The molecule has 11 heteroatoms. The quantitative estimate of drug-likeness (QED) is 0.148. The lowest BCUT2D eigenvalue weighted by Gasteiger charge is -2.24. The van der Waals surface area contributed by atoms with E-state index in [1.807, 2.05) is 13.0 Å². The molecule has 226 valence electrons. The van der Waals surface area contributed by atoms with Crippen molar-refractivity contribution >= 4 is 27.7 Å². The molecule has 41 heavy (non-hydrogen) atoms. The molecule has 0 atom stereocenters. The van der Waals surface area contributed by atoms with Crippen molar-refractivity contribution in [2.24, 2.45) is 0 Å². The number of ether oxygens (including phenoxy) is 4. The molecule has 0 fully saturated rings.